The number of benzene rings is 2. The third kappa shape index (κ3) is 7.69. The van der Waals surface area contributed by atoms with Crippen LogP contribution in [-0.2, 0) is 6.18 Å². The summed E-state index contributed by atoms with van der Waals surface area (Å²) in [5.41, 5.74) is 1.59. The van der Waals surface area contributed by atoms with Gasteiger partial charge in [0, 0.05) is 0 Å². The van der Waals surface area contributed by atoms with Crippen LogP contribution in [0.3, 0.4) is 0 Å². The van der Waals surface area contributed by atoms with Gasteiger partial charge in [0.15, 0.2) is 0 Å². The molecule has 2 rings (SSSR count). The maximum absolute atomic E-state index is 13.0. The second-order valence-corrected chi connectivity index (χ2v) is 21.8. The molecule has 0 saturated carbocycles. The van der Waals surface area contributed by atoms with Crippen LogP contribution < -0.4 is 0 Å². The minimum absolute atomic E-state index is 0.580. The van der Waals surface area contributed by atoms with Crippen molar-refractivity contribution in [1.29, 1.82) is 0 Å². The van der Waals surface area contributed by atoms with E-state index in [-0.39, 0.29) is 0 Å². The van der Waals surface area contributed by atoms with Crippen molar-refractivity contribution in [3.63, 3.8) is 0 Å². The molecule has 0 atom stereocenters. The SMILES string of the molecule is CCC[CH2][Sn]([CH2]CCC)([CH2]CCC)/[C](=C/c1ccc(C(F)(F)F)cc1)c1ccccc1. The maximum atomic E-state index is 13.0. The number of alkyl halides is 3. The summed E-state index contributed by atoms with van der Waals surface area (Å²) >= 11 is -2.78. The van der Waals surface area contributed by atoms with Crippen molar-refractivity contribution in [2.75, 3.05) is 0 Å². The molecule has 0 saturated heterocycles. The van der Waals surface area contributed by atoms with Gasteiger partial charge in [0.2, 0.25) is 0 Å². The van der Waals surface area contributed by atoms with Gasteiger partial charge >= 0.3 is 191 Å². The second-order valence-electron chi connectivity index (χ2n) is 8.63. The Labute approximate surface area is 190 Å². The fourth-order valence-corrected chi connectivity index (χ4v) is 21.3. The van der Waals surface area contributed by atoms with E-state index in [1.807, 2.05) is 6.07 Å². The molecule has 0 bridgehead atoms. The first-order valence-electron chi connectivity index (χ1n) is 11.8. The van der Waals surface area contributed by atoms with E-state index in [4.69, 9.17) is 0 Å². The molecule has 31 heavy (non-hydrogen) atoms. The van der Waals surface area contributed by atoms with Crippen LogP contribution in [0, 0.1) is 0 Å². The Kier molecular flexibility index (Phi) is 10.7. The predicted molar refractivity (Wildman–Crippen MR) is 131 cm³/mol. The van der Waals surface area contributed by atoms with E-state index < -0.39 is 30.1 Å². The normalized spacial score (nSPS) is 12.9. The van der Waals surface area contributed by atoms with Crippen molar-refractivity contribution in [1.82, 2.24) is 0 Å². The Morgan fingerprint density at radius 2 is 1.23 bits per heavy atom. The third-order valence-corrected chi connectivity index (χ3v) is 22.0. The number of halogens is 3. The molecular weight excluding hydrogens is 500 g/mol. The Balaban J connectivity index is 2.60. The van der Waals surface area contributed by atoms with Gasteiger partial charge in [-0.3, -0.25) is 0 Å². The Hall–Kier alpha value is -1.23. The predicted octanol–water partition coefficient (Wildman–Crippen LogP) is 9.63. The van der Waals surface area contributed by atoms with E-state index >= 15 is 0 Å². The summed E-state index contributed by atoms with van der Waals surface area (Å²) in [6.45, 7) is 6.79. The molecule has 0 fully saturated rings. The standard InChI is InChI=1S/C15H10F3.3C4H9.Sn/c16-15(17,18)14-10-8-13(9-11-14)7-6-12-4-2-1-3-5-12;3*1-3-4-2;/h1-5,7-11H;3*1,3-4H2,2H3;. The van der Waals surface area contributed by atoms with Gasteiger partial charge in [0.05, 0.1) is 0 Å². The minimum atomic E-state index is -4.29. The van der Waals surface area contributed by atoms with Crippen LogP contribution in [0.4, 0.5) is 13.2 Å². The Morgan fingerprint density at radius 1 is 0.742 bits per heavy atom. The molecule has 4 heteroatoms. The quantitative estimate of drug-likeness (QED) is 0.187. The molecule has 0 spiro atoms. The van der Waals surface area contributed by atoms with E-state index in [1.54, 1.807) is 12.1 Å². The molecule has 0 aromatic heterocycles. The van der Waals surface area contributed by atoms with E-state index in [0.29, 0.717) is 0 Å². The Bertz CT molecular complexity index is 770. The van der Waals surface area contributed by atoms with E-state index in [9.17, 15) is 13.2 Å². The fourth-order valence-electron chi connectivity index (χ4n) is 4.42. The zero-order chi connectivity index (χ0) is 22.7. The van der Waals surface area contributed by atoms with Crippen LogP contribution >= 0.6 is 0 Å². The molecule has 0 radical (unpaired) electrons. The van der Waals surface area contributed by atoms with Crippen LogP contribution in [0.25, 0.3) is 9.67 Å². The van der Waals surface area contributed by atoms with E-state index in [2.05, 4.69) is 51.1 Å². The van der Waals surface area contributed by atoms with Gasteiger partial charge < -0.3 is 0 Å². The molecule has 0 aliphatic heterocycles. The summed E-state index contributed by atoms with van der Waals surface area (Å²) in [6.07, 6.45) is 5.28. The van der Waals surface area contributed by atoms with Crippen molar-refractivity contribution in [3.05, 3.63) is 71.3 Å². The summed E-state index contributed by atoms with van der Waals surface area (Å²) in [7, 11) is 0. The van der Waals surface area contributed by atoms with Crippen LogP contribution in [0.5, 0.6) is 0 Å². The average molecular weight is 537 g/mol. The number of unbranched alkanes of at least 4 members (excludes halogenated alkanes) is 3. The monoisotopic (exact) mass is 538 g/mol. The molecule has 0 unspecified atom stereocenters. The molecule has 0 nitrogen and oxygen atoms in total. The van der Waals surface area contributed by atoms with Crippen molar-refractivity contribution in [3.8, 4) is 0 Å². The van der Waals surface area contributed by atoms with Gasteiger partial charge in [-0.25, -0.2) is 0 Å². The molecule has 0 amide bonds. The summed E-state index contributed by atoms with van der Waals surface area (Å²) in [5.74, 6) is 0. The first kappa shape index (κ1) is 26.0. The molecule has 0 aliphatic carbocycles. The summed E-state index contributed by atoms with van der Waals surface area (Å²) < 4.78 is 44.6. The summed E-state index contributed by atoms with van der Waals surface area (Å²) in [6, 6.07) is 16.3. The molecule has 2 aromatic rings. The van der Waals surface area contributed by atoms with Crippen molar-refractivity contribution >= 4 is 28.0 Å². The van der Waals surface area contributed by atoms with Gasteiger partial charge in [-0.2, -0.15) is 0 Å². The van der Waals surface area contributed by atoms with Crippen LogP contribution in [-0.4, -0.2) is 18.4 Å². The van der Waals surface area contributed by atoms with Gasteiger partial charge in [0.1, 0.15) is 0 Å². The van der Waals surface area contributed by atoms with E-state index in [0.717, 1.165) is 5.56 Å². The first-order chi connectivity index (χ1) is 14.9. The van der Waals surface area contributed by atoms with Gasteiger partial charge in [-0.05, 0) is 0 Å². The molecule has 0 heterocycles. The zero-order valence-corrected chi connectivity index (χ0v) is 22.1. The summed E-state index contributed by atoms with van der Waals surface area (Å²) in [4.78, 5) is 0. The van der Waals surface area contributed by atoms with E-state index in [1.165, 1.54) is 73.1 Å². The fraction of sp³-hybridized carbons (Fsp3) is 0.481. The topological polar surface area (TPSA) is 0 Å². The molecule has 0 N–H and O–H groups in total. The van der Waals surface area contributed by atoms with Gasteiger partial charge in [-0.1, -0.05) is 0 Å². The summed E-state index contributed by atoms with van der Waals surface area (Å²) in [5, 5.41) is 0. The van der Waals surface area contributed by atoms with Gasteiger partial charge in [-0.15, -0.1) is 0 Å². The number of rotatable bonds is 12. The third-order valence-electron chi connectivity index (χ3n) is 6.23. The first-order valence-corrected chi connectivity index (χ1v) is 19.3. The average Bonchev–Trinajstić information content (AvgIpc) is 2.78. The van der Waals surface area contributed by atoms with Crippen molar-refractivity contribution < 1.29 is 13.2 Å². The van der Waals surface area contributed by atoms with Crippen LogP contribution in [0.15, 0.2) is 54.6 Å². The van der Waals surface area contributed by atoms with Crippen LogP contribution in [0.1, 0.15) is 76.0 Å². The van der Waals surface area contributed by atoms with Crippen molar-refractivity contribution in [2.45, 2.75) is 78.8 Å². The van der Waals surface area contributed by atoms with Crippen molar-refractivity contribution in [2.24, 2.45) is 0 Å². The number of hydrogen-bond acceptors (Lipinski definition) is 0. The molecule has 2 aromatic carbocycles. The molecule has 0 aliphatic rings. The zero-order valence-electron chi connectivity index (χ0n) is 19.3. The number of hydrogen-bond donors (Lipinski definition) is 0. The van der Waals surface area contributed by atoms with Gasteiger partial charge in [0.25, 0.3) is 0 Å². The van der Waals surface area contributed by atoms with Crippen LogP contribution in [0.2, 0.25) is 13.3 Å². The molecular formula is C27H37F3Sn. The second kappa shape index (κ2) is 12.7. The Morgan fingerprint density at radius 3 is 1.65 bits per heavy atom. The molecule has 170 valence electrons.